The normalized spacial score (nSPS) is 0. The van der Waals surface area contributed by atoms with Crippen molar-refractivity contribution in [3.63, 3.8) is 0 Å². The molecule has 0 amide bonds. The number of hydrogen-bond acceptors (Lipinski definition) is 0. The van der Waals surface area contributed by atoms with Gasteiger partial charge in [-0.3, -0.25) is 0 Å². The second kappa shape index (κ2) is 18.3. The van der Waals surface area contributed by atoms with Crippen LogP contribution in [0.2, 0.25) is 0 Å². The van der Waals surface area contributed by atoms with E-state index in [0.29, 0.717) is 0 Å². The Morgan fingerprint density at radius 2 is 0.500 bits per heavy atom. The average molecular weight is 430 g/mol. The van der Waals surface area contributed by atoms with E-state index in [0.717, 1.165) is 0 Å². The second-order valence-electron chi connectivity index (χ2n) is 0. The van der Waals surface area contributed by atoms with Crippen molar-refractivity contribution < 1.29 is 22.4 Å². The molecule has 0 N–H and O–H groups in total. The summed E-state index contributed by atoms with van der Waals surface area (Å²) in [5, 5.41) is 0. The maximum absolute atomic E-state index is 0. The van der Waals surface area contributed by atoms with Gasteiger partial charge in [0.25, 0.3) is 0 Å². The van der Waals surface area contributed by atoms with Crippen LogP contribution in [0.25, 0.3) is 0 Å². The van der Waals surface area contributed by atoms with Gasteiger partial charge in [0.15, 0.2) is 0 Å². The Balaban J connectivity index is 0. The molecule has 0 unspecified atom stereocenters. The molecule has 0 aromatic carbocycles. The zero-order chi connectivity index (χ0) is 0. The van der Waals surface area contributed by atoms with Crippen molar-refractivity contribution in [2.75, 3.05) is 0 Å². The van der Waals surface area contributed by atoms with Gasteiger partial charge >= 0.3 is 75.2 Å². The molecule has 4 heteroatoms. The van der Waals surface area contributed by atoms with Crippen LogP contribution in [-0.4, -0.2) is 52.8 Å². The minimum atomic E-state index is 0. The van der Waals surface area contributed by atoms with E-state index in [1.54, 1.807) is 0 Å². The number of rotatable bonds is 0. The summed E-state index contributed by atoms with van der Waals surface area (Å²) in [4.78, 5) is 0. The summed E-state index contributed by atoms with van der Waals surface area (Å²) in [6.45, 7) is 0. The summed E-state index contributed by atoms with van der Waals surface area (Å²) >= 11 is 0. The van der Waals surface area contributed by atoms with Gasteiger partial charge < -0.3 is 0 Å². The maximum atomic E-state index is 0. The summed E-state index contributed by atoms with van der Waals surface area (Å²) in [6, 6.07) is 0. The van der Waals surface area contributed by atoms with Gasteiger partial charge in [0, 0.05) is 0 Å². The van der Waals surface area contributed by atoms with Crippen LogP contribution in [-0.2, 0) is 22.4 Å². The van der Waals surface area contributed by atoms with Gasteiger partial charge in [-0.1, -0.05) is 0 Å². The Hall–Kier alpha value is 2.37. The molecule has 0 aromatic rings. The van der Waals surface area contributed by atoms with Crippen LogP contribution in [0.5, 0.6) is 0 Å². The van der Waals surface area contributed by atoms with E-state index in [9.17, 15) is 0 Å². The molecule has 0 saturated heterocycles. The van der Waals surface area contributed by atoms with Gasteiger partial charge in [0.2, 0.25) is 0 Å². The Morgan fingerprint density at radius 1 is 0.500 bits per heavy atom. The van der Waals surface area contributed by atoms with Gasteiger partial charge in [-0.15, -0.1) is 0 Å². The van der Waals surface area contributed by atoms with Crippen molar-refractivity contribution in [2.45, 2.75) is 0 Å². The van der Waals surface area contributed by atoms with Crippen molar-refractivity contribution in [1.29, 1.82) is 0 Å². The third-order valence-corrected chi connectivity index (χ3v) is 0. The molecule has 0 spiro atoms. The minimum absolute atomic E-state index is 0. The van der Waals surface area contributed by atoms with Crippen LogP contribution >= 0.6 is 0 Å². The van der Waals surface area contributed by atoms with Crippen LogP contribution in [0, 0.1) is 0 Å². The van der Waals surface area contributed by atoms with Crippen molar-refractivity contribution in [2.24, 2.45) is 0 Å². The van der Waals surface area contributed by atoms with Crippen molar-refractivity contribution in [3.05, 3.63) is 0 Å². The summed E-state index contributed by atoms with van der Waals surface area (Å²) in [7, 11) is 0. The van der Waals surface area contributed by atoms with E-state index in [1.807, 2.05) is 0 Å². The van der Waals surface area contributed by atoms with Gasteiger partial charge in [-0.2, -0.15) is 0 Å². The third kappa shape index (κ3) is 8.84. The first-order valence-electron chi connectivity index (χ1n) is 0. The third-order valence-electron chi connectivity index (χ3n) is 0. The predicted octanol–water partition coefficient (Wildman–Crippen LogP) is -5.16. The summed E-state index contributed by atoms with van der Waals surface area (Å²) in [5.74, 6) is 0. The Kier molecular flexibility index (Phi) is 149. The summed E-state index contributed by atoms with van der Waals surface area (Å²) < 4.78 is 0. The molecule has 0 bridgehead atoms. The second-order valence-corrected chi connectivity index (χ2v) is 0. The van der Waals surface area contributed by atoms with Crippen LogP contribution < -0.4 is 0 Å². The van der Waals surface area contributed by atoms with Crippen molar-refractivity contribution in [3.8, 4) is 0 Å². The summed E-state index contributed by atoms with van der Waals surface area (Å²) in [6.07, 6.45) is 0. The zero-order valence-corrected chi connectivity index (χ0v) is 2.47. The van der Waals surface area contributed by atoms with Crippen LogP contribution in [0.15, 0.2) is 0 Å². The first-order valence-corrected chi connectivity index (χ1v) is 0. The average Bonchev–Trinajstić information content (AvgIpc) is 0. The fraction of sp³-hybridized carbons (Fsp3) is 0. The molecule has 0 rings (SSSR count). The van der Waals surface area contributed by atoms with Gasteiger partial charge in [-0.05, 0) is 0 Å². The Morgan fingerprint density at radius 3 is 0.500 bits per heavy atom. The molecule has 0 aromatic heterocycles. The zero-order valence-electron chi connectivity index (χ0n) is 0.302. The molecular formula is H15AuGe3. The summed E-state index contributed by atoms with van der Waals surface area (Å²) in [5.41, 5.74) is 0. The standard InChI is InChI=1S/Au.3GeH5/h;3*1H5/q+3;3*-1. The molecule has 38 valence electrons. The molecule has 4 heavy (non-hydrogen) atoms. The van der Waals surface area contributed by atoms with E-state index in [1.165, 1.54) is 0 Å². The van der Waals surface area contributed by atoms with E-state index in [4.69, 9.17) is 0 Å². The first kappa shape index (κ1) is 32.7. The predicted molar refractivity (Wildman–Crippen MR) is 38.2 cm³/mol. The molecule has 0 fully saturated rings. The quantitative estimate of drug-likeness (QED) is 0.338. The fourth-order valence-electron chi connectivity index (χ4n) is 0. The van der Waals surface area contributed by atoms with E-state index in [-0.39, 0.29) is 75.2 Å². The topological polar surface area (TPSA) is 0 Å². The Bertz CT molecular complexity index is 3.25. The SMILES string of the molecule is [Au+3].[GeH5-].[GeH5-].[GeH5-]. The molecule has 0 saturated carbocycles. The first-order chi connectivity index (χ1) is 0. The van der Waals surface area contributed by atoms with E-state index >= 15 is 0 Å². The van der Waals surface area contributed by atoms with Crippen molar-refractivity contribution in [1.82, 2.24) is 0 Å². The van der Waals surface area contributed by atoms with E-state index in [2.05, 4.69) is 0 Å². The molecule has 0 atom stereocenters. The molecule has 0 heterocycles. The molecule has 0 nitrogen and oxygen atoms in total. The Labute approximate surface area is 74.3 Å². The van der Waals surface area contributed by atoms with Gasteiger partial charge in [-0.25, -0.2) is 0 Å². The van der Waals surface area contributed by atoms with Gasteiger partial charge in [0.05, 0.1) is 0 Å². The molecule has 0 aliphatic rings. The molecule has 0 radical (unpaired) electrons. The van der Waals surface area contributed by atoms with Crippen LogP contribution in [0.4, 0.5) is 0 Å². The van der Waals surface area contributed by atoms with E-state index < -0.39 is 0 Å². The van der Waals surface area contributed by atoms with Crippen LogP contribution in [0.1, 0.15) is 0 Å². The van der Waals surface area contributed by atoms with Crippen molar-refractivity contribution >= 4 is 52.8 Å². The monoisotopic (exact) mass is 434 g/mol. The molecular weight excluding hydrogens is 415 g/mol. The molecule has 0 aliphatic carbocycles. The fourth-order valence-corrected chi connectivity index (χ4v) is 0. The van der Waals surface area contributed by atoms with Crippen LogP contribution in [0.3, 0.4) is 0 Å². The van der Waals surface area contributed by atoms with Gasteiger partial charge in [0.1, 0.15) is 0 Å². The molecule has 0 aliphatic heterocycles. The number of hydrogen-bond donors (Lipinski definition) is 0.